The van der Waals surface area contributed by atoms with Gasteiger partial charge in [-0.05, 0) is 49.2 Å². The molecule has 6 nitrogen and oxygen atoms in total. The summed E-state index contributed by atoms with van der Waals surface area (Å²) in [7, 11) is 0. The lowest BCUT2D eigenvalue weighted by Crippen LogP contribution is -2.15. The fourth-order valence-corrected chi connectivity index (χ4v) is 3.73. The van der Waals surface area contributed by atoms with E-state index < -0.39 is 11.7 Å². The van der Waals surface area contributed by atoms with E-state index in [4.69, 9.17) is 4.74 Å². The molecule has 170 valence electrons. The lowest BCUT2D eigenvalue weighted by Gasteiger charge is -2.11. The summed E-state index contributed by atoms with van der Waals surface area (Å²) in [5.41, 5.74) is 1.13. The number of aryl methyl sites for hydroxylation is 1. The van der Waals surface area contributed by atoms with Gasteiger partial charge < -0.3 is 14.6 Å². The highest BCUT2D eigenvalue weighted by Gasteiger charge is 2.30. The molecular formula is C22H23F3N4O2S. The molecule has 0 aliphatic rings. The van der Waals surface area contributed by atoms with Crippen molar-refractivity contribution in [3.8, 4) is 5.75 Å². The first-order chi connectivity index (χ1) is 15.3. The average Bonchev–Trinajstić information content (AvgIpc) is 3.18. The smallest absolute Gasteiger partial charge is 0.416 e. The predicted molar refractivity (Wildman–Crippen MR) is 117 cm³/mol. The normalized spacial score (nSPS) is 11.4. The molecule has 2 aromatic carbocycles. The Hall–Kier alpha value is -3.01. The number of amides is 1. The van der Waals surface area contributed by atoms with Gasteiger partial charge in [-0.25, -0.2) is 0 Å². The van der Waals surface area contributed by atoms with Gasteiger partial charge in [-0.2, -0.15) is 13.2 Å². The monoisotopic (exact) mass is 464 g/mol. The van der Waals surface area contributed by atoms with Gasteiger partial charge in [0.05, 0.1) is 11.3 Å². The van der Waals surface area contributed by atoms with Crippen LogP contribution >= 0.6 is 11.8 Å². The van der Waals surface area contributed by atoms with E-state index >= 15 is 0 Å². The zero-order valence-electron chi connectivity index (χ0n) is 17.6. The second kappa shape index (κ2) is 10.5. The molecule has 3 rings (SSSR count). The van der Waals surface area contributed by atoms with Crippen LogP contribution in [0, 0.1) is 0 Å². The van der Waals surface area contributed by atoms with Gasteiger partial charge in [0.2, 0.25) is 5.91 Å². The fourth-order valence-electron chi connectivity index (χ4n) is 2.91. The second-order valence-corrected chi connectivity index (χ2v) is 7.79. The minimum Gasteiger partial charge on any atom is -0.486 e. The molecule has 1 N–H and O–H groups in total. The summed E-state index contributed by atoms with van der Waals surface area (Å²) in [6.45, 7) is 4.43. The lowest BCUT2D eigenvalue weighted by atomic mass is 10.1. The molecule has 0 spiro atoms. The number of benzene rings is 2. The molecule has 0 unspecified atom stereocenters. The van der Waals surface area contributed by atoms with E-state index in [9.17, 15) is 18.0 Å². The molecule has 0 aliphatic heterocycles. The highest BCUT2D eigenvalue weighted by atomic mass is 32.2. The van der Waals surface area contributed by atoms with Gasteiger partial charge in [0.25, 0.3) is 0 Å². The van der Waals surface area contributed by atoms with Crippen LogP contribution in [-0.2, 0) is 30.5 Å². The van der Waals surface area contributed by atoms with Crippen LogP contribution in [0.4, 0.5) is 18.9 Å². The zero-order valence-corrected chi connectivity index (χ0v) is 18.5. The molecule has 32 heavy (non-hydrogen) atoms. The molecule has 10 heteroatoms. The fraction of sp³-hybridized carbons (Fsp3) is 0.318. The number of hydrogen-bond donors (Lipinski definition) is 1. The van der Waals surface area contributed by atoms with Gasteiger partial charge in [-0.1, -0.05) is 36.9 Å². The number of aromatic nitrogens is 3. The number of alkyl halides is 3. The number of rotatable bonds is 9. The van der Waals surface area contributed by atoms with Crippen LogP contribution in [0.5, 0.6) is 5.75 Å². The first-order valence-electron chi connectivity index (χ1n) is 10.0. The first kappa shape index (κ1) is 23.6. The number of ether oxygens (including phenoxy) is 1. The minimum absolute atomic E-state index is 0.0430. The van der Waals surface area contributed by atoms with E-state index in [1.165, 1.54) is 29.5 Å². The number of thioether (sulfide) groups is 1. The maximum atomic E-state index is 12.9. The van der Waals surface area contributed by atoms with Crippen molar-refractivity contribution >= 4 is 23.4 Å². The van der Waals surface area contributed by atoms with Crippen molar-refractivity contribution < 1.29 is 22.7 Å². The highest BCUT2D eigenvalue weighted by Crippen LogP contribution is 2.31. The number of carbonyl (C=O) groups excluding carboxylic acids is 1. The van der Waals surface area contributed by atoms with Crippen molar-refractivity contribution in [1.82, 2.24) is 14.8 Å². The Morgan fingerprint density at radius 1 is 1.12 bits per heavy atom. The minimum atomic E-state index is -4.44. The average molecular weight is 465 g/mol. The Kier molecular flexibility index (Phi) is 7.79. The van der Waals surface area contributed by atoms with E-state index in [0.29, 0.717) is 17.5 Å². The zero-order chi connectivity index (χ0) is 23.1. The summed E-state index contributed by atoms with van der Waals surface area (Å²) in [5.74, 6) is 0.519. The van der Waals surface area contributed by atoms with Crippen molar-refractivity contribution in [3.63, 3.8) is 0 Å². The van der Waals surface area contributed by atoms with E-state index in [1.54, 1.807) is 4.57 Å². The number of hydrogen-bond acceptors (Lipinski definition) is 5. The van der Waals surface area contributed by atoms with Crippen LogP contribution in [0.25, 0.3) is 0 Å². The van der Waals surface area contributed by atoms with Gasteiger partial charge in [0.15, 0.2) is 11.0 Å². The maximum Gasteiger partial charge on any atom is 0.416 e. The maximum absolute atomic E-state index is 12.9. The third-order valence-electron chi connectivity index (χ3n) is 4.62. The molecule has 1 heterocycles. The molecule has 0 bridgehead atoms. The third-order valence-corrected chi connectivity index (χ3v) is 5.58. The quantitative estimate of drug-likeness (QED) is 0.442. The summed E-state index contributed by atoms with van der Waals surface area (Å²) in [6.07, 6.45) is -3.51. The molecule has 0 fully saturated rings. The summed E-state index contributed by atoms with van der Waals surface area (Å²) in [6, 6.07) is 12.3. The van der Waals surface area contributed by atoms with Gasteiger partial charge in [0, 0.05) is 12.2 Å². The summed E-state index contributed by atoms with van der Waals surface area (Å²) >= 11 is 1.23. The third kappa shape index (κ3) is 6.25. The number of halogens is 3. The van der Waals surface area contributed by atoms with E-state index in [1.807, 2.05) is 31.2 Å². The number of anilines is 1. The number of nitrogens with zero attached hydrogens (tertiary/aromatic N) is 3. The molecule has 0 saturated heterocycles. The summed E-state index contributed by atoms with van der Waals surface area (Å²) < 4.78 is 45.8. The Morgan fingerprint density at radius 2 is 1.88 bits per heavy atom. The molecule has 0 radical (unpaired) electrons. The SMILES string of the molecule is CCc1ccc(NC(=O)CSc2nnc(COc3cccc(C(F)(F)F)c3)n2CC)cc1. The van der Waals surface area contributed by atoms with Crippen LogP contribution < -0.4 is 10.1 Å². The van der Waals surface area contributed by atoms with Crippen LogP contribution in [-0.4, -0.2) is 26.4 Å². The van der Waals surface area contributed by atoms with Crippen molar-refractivity contribution in [2.45, 2.75) is 44.8 Å². The lowest BCUT2D eigenvalue weighted by molar-refractivity contribution is -0.137. The van der Waals surface area contributed by atoms with Gasteiger partial charge in [0.1, 0.15) is 12.4 Å². The van der Waals surface area contributed by atoms with Crippen LogP contribution in [0.15, 0.2) is 53.7 Å². The van der Waals surface area contributed by atoms with Crippen LogP contribution in [0.1, 0.15) is 30.8 Å². The van der Waals surface area contributed by atoms with Crippen molar-refractivity contribution in [2.75, 3.05) is 11.1 Å². The van der Waals surface area contributed by atoms with Crippen molar-refractivity contribution in [2.24, 2.45) is 0 Å². The van der Waals surface area contributed by atoms with Gasteiger partial charge >= 0.3 is 6.18 Å². The summed E-state index contributed by atoms with van der Waals surface area (Å²) in [5, 5.41) is 11.5. The number of carbonyl (C=O) groups is 1. The molecule has 0 atom stereocenters. The Bertz CT molecular complexity index is 1050. The molecule has 3 aromatic rings. The molecule has 0 aliphatic carbocycles. The Morgan fingerprint density at radius 3 is 2.53 bits per heavy atom. The summed E-state index contributed by atoms with van der Waals surface area (Å²) in [4.78, 5) is 12.3. The Labute approximate surface area is 188 Å². The topological polar surface area (TPSA) is 69.0 Å². The van der Waals surface area contributed by atoms with E-state index in [2.05, 4.69) is 22.4 Å². The van der Waals surface area contributed by atoms with E-state index in [0.717, 1.165) is 24.2 Å². The van der Waals surface area contributed by atoms with Crippen LogP contribution in [0.2, 0.25) is 0 Å². The van der Waals surface area contributed by atoms with Crippen molar-refractivity contribution in [1.29, 1.82) is 0 Å². The first-order valence-corrected chi connectivity index (χ1v) is 11.0. The van der Waals surface area contributed by atoms with Gasteiger partial charge in [-0.15, -0.1) is 10.2 Å². The highest BCUT2D eigenvalue weighted by molar-refractivity contribution is 7.99. The standard InChI is InChI=1S/C22H23F3N4O2S/c1-3-15-8-10-17(11-9-15)26-20(30)14-32-21-28-27-19(29(21)4-2)13-31-18-7-5-6-16(12-18)22(23,24)25/h5-12H,3-4,13-14H2,1-2H3,(H,26,30). The molecule has 1 aromatic heterocycles. The molecule has 1 amide bonds. The molecular weight excluding hydrogens is 441 g/mol. The predicted octanol–water partition coefficient (Wildman–Crippen LogP) is 5.19. The van der Waals surface area contributed by atoms with Crippen LogP contribution in [0.3, 0.4) is 0 Å². The Balaban J connectivity index is 1.58. The van der Waals surface area contributed by atoms with Gasteiger partial charge in [-0.3, -0.25) is 4.79 Å². The largest absolute Gasteiger partial charge is 0.486 e. The van der Waals surface area contributed by atoms with E-state index in [-0.39, 0.29) is 24.0 Å². The number of nitrogens with one attached hydrogen (secondary N) is 1. The van der Waals surface area contributed by atoms with Crippen molar-refractivity contribution in [3.05, 3.63) is 65.5 Å². The molecule has 0 saturated carbocycles. The second-order valence-electron chi connectivity index (χ2n) is 6.84.